The molecule has 0 fully saturated rings. The highest BCUT2D eigenvalue weighted by Crippen LogP contribution is 2.08. The molecule has 0 aliphatic heterocycles. The Morgan fingerprint density at radius 1 is 0.435 bits per heavy atom. The molecule has 0 saturated carbocycles. The van der Waals surface area contributed by atoms with Gasteiger partial charge >= 0.3 is 5.97 Å². The number of benzene rings is 1. The Labute approximate surface area is 277 Å². The fourth-order valence-corrected chi connectivity index (χ4v) is 4.04. The fraction of sp³-hybridized carbons (Fsp3) is 0.800. The summed E-state index contributed by atoms with van der Waals surface area (Å²) in [7, 11) is 0. The second-order valence-corrected chi connectivity index (χ2v) is 10.5. The molecule has 0 unspecified atom stereocenters. The molecule has 0 radical (unpaired) electrons. The molecule has 0 heterocycles. The first kappa shape index (κ1) is 42.4. The van der Waals surface area contributed by atoms with Crippen LogP contribution in [0.25, 0.3) is 0 Å². The first-order valence-electron chi connectivity index (χ1n) is 17.2. The zero-order chi connectivity index (χ0) is 32.9. The van der Waals surface area contributed by atoms with Crippen LogP contribution in [0.3, 0.4) is 0 Å². The number of carbonyl (C=O) groups excluding carboxylic acids is 1. The van der Waals surface area contributed by atoms with Crippen LogP contribution in [-0.4, -0.2) is 125 Å². The molecule has 0 spiro atoms. The van der Waals surface area contributed by atoms with Gasteiger partial charge in [0.05, 0.1) is 119 Å². The molecule has 11 heteroatoms. The van der Waals surface area contributed by atoms with E-state index in [1.807, 2.05) is 30.3 Å². The van der Waals surface area contributed by atoms with Crippen molar-refractivity contribution in [2.24, 2.45) is 0 Å². The van der Waals surface area contributed by atoms with Crippen molar-refractivity contribution in [1.82, 2.24) is 0 Å². The summed E-state index contributed by atoms with van der Waals surface area (Å²) < 4.78 is 54.6. The molecule has 1 aromatic carbocycles. The third-order valence-corrected chi connectivity index (χ3v) is 6.56. The van der Waals surface area contributed by atoms with Crippen LogP contribution in [0.15, 0.2) is 30.3 Å². The normalized spacial score (nSPS) is 11.3. The zero-order valence-electron chi connectivity index (χ0n) is 28.5. The van der Waals surface area contributed by atoms with E-state index in [1.54, 1.807) is 0 Å². The Morgan fingerprint density at radius 3 is 1.20 bits per heavy atom. The second-order valence-electron chi connectivity index (χ2n) is 10.5. The van der Waals surface area contributed by atoms with Crippen molar-refractivity contribution in [3.05, 3.63) is 35.9 Å². The predicted molar refractivity (Wildman–Crippen MR) is 176 cm³/mol. The summed E-state index contributed by atoms with van der Waals surface area (Å²) in [6.45, 7) is 11.7. The minimum atomic E-state index is -0.139. The topological polar surface area (TPSA) is 109 Å². The summed E-state index contributed by atoms with van der Waals surface area (Å²) in [4.78, 5) is 11.7. The Morgan fingerprint density at radius 2 is 0.783 bits per heavy atom. The molecular formula is C35H62O11. The number of ether oxygens (including phenoxy) is 10. The van der Waals surface area contributed by atoms with Crippen LogP contribution in [0.4, 0.5) is 0 Å². The monoisotopic (exact) mass is 658 g/mol. The Hall–Kier alpha value is -1.67. The molecule has 0 aliphatic rings. The van der Waals surface area contributed by atoms with Gasteiger partial charge in [-0.15, -0.1) is 0 Å². The molecule has 1 rings (SSSR count). The fourth-order valence-electron chi connectivity index (χ4n) is 4.04. The number of carbonyl (C=O) groups is 1. The Bertz CT molecular complexity index is 739. The van der Waals surface area contributed by atoms with Crippen LogP contribution in [0.5, 0.6) is 0 Å². The van der Waals surface area contributed by atoms with Gasteiger partial charge in [0.15, 0.2) is 0 Å². The van der Waals surface area contributed by atoms with Gasteiger partial charge in [0.25, 0.3) is 0 Å². The van der Waals surface area contributed by atoms with E-state index < -0.39 is 0 Å². The first-order valence-corrected chi connectivity index (χ1v) is 17.2. The van der Waals surface area contributed by atoms with E-state index in [4.69, 9.17) is 47.4 Å². The third-order valence-electron chi connectivity index (χ3n) is 6.56. The van der Waals surface area contributed by atoms with Crippen LogP contribution >= 0.6 is 0 Å². The van der Waals surface area contributed by atoms with Crippen molar-refractivity contribution < 1.29 is 52.2 Å². The molecule has 268 valence electrons. The average molecular weight is 659 g/mol. The van der Waals surface area contributed by atoms with E-state index in [9.17, 15) is 4.79 Å². The molecule has 1 aromatic rings. The van der Waals surface area contributed by atoms with E-state index in [2.05, 4.69) is 6.92 Å². The molecular weight excluding hydrogens is 596 g/mol. The maximum absolute atomic E-state index is 11.7. The molecule has 0 saturated heterocycles. The van der Waals surface area contributed by atoms with Gasteiger partial charge in [0.1, 0.15) is 6.61 Å². The quantitative estimate of drug-likeness (QED) is 0.0710. The highest BCUT2D eigenvalue weighted by molar-refractivity contribution is 5.69. The summed E-state index contributed by atoms with van der Waals surface area (Å²) in [6, 6.07) is 10.1. The minimum Gasteiger partial charge on any atom is -0.463 e. The lowest BCUT2D eigenvalue weighted by atomic mass is 10.1. The summed E-state index contributed by atoms with van der Waals surface area (Å²) in [6.07, 6.45) is 8.81. The number of rotatable bonds is 37. The highest BCUT2D eigenvalue weighted by Gasteiger charge is 2.03. The largest absolute Gasteiger partial charge is 0.463 e. The molecule has 11 nitrogen and oxygen atoms in total. The van der Waals surface area contributed by atoms with E-state index in [1.165, 1.54) is 32.1 Å². The van der Waals surface area contributed by atoms with Gasteiger partial charge in [-0.3, -0.25) is 4.79 Å². The van der Waals surface area contributed by atoms with Crippen LogP contribution in [0.1, 0.15) is 63.9 Å². The molecule has 0 amide bonds. The van der Waals surface area contributed by atoms with Gasteiger partial charge in [-0.1, -0.05) is 75.8 Å². The predicted octanol–water partition coefficient (Wildman–Crippen LogP) is 5.02. The number of esters is 1. The molecule has 0 aliphatic carbocycles. The lowest BCUT2D eigenvalue weighted by Gasteiger charge is -2.09. The van der Waals surface area contributed by atoms with Crippen molar-refractivity contribution in [3.63, 3.8) is 0 Å². The lowest BCUT2D eigenvalue weighted by molar-refractivity contribution is -0.145. The Kier molecular flexibility index (Phi) is 33.3. The molecule has 0 bridgehead atoms. The van der Waals surface area contributed by atoms with E-state index in [0.717, 1.165) is 18.4 Å². The van der Waals surface area contributed by atoms with Gasteiger partial charge in [0.2, 0.25) is 0 Å². The van der Waals surface area contributed by atoms with E-state index in [0.29, 0.717) is 125 Å². The van der Waals surface area contributed by atoms with Crippen LogP contribution in [-0.2, 0) is 58.8 Å². The number of unbranched alkanes of at least 4 members (excludes halogenated alkanes) is 6. The van der Waals surface area contributed by atoms with Gasteiger partial charge in [-0.05, 0) is 12.0 Å². The van der Waals surface area contributed by atoms with Crippen molar-refractivity contribution in [2.45, 2.75) is 64.9 Å². The van der Waals surface area contributed by atoms with Gasteiger partial charge in [-0.2, -0.15) is 0 Å². The van der Waals surface area contributed by atoms with Crippen molar-refractivity contribution in [1.29, 1.82) is 0 Å². The Balaban J connectivity index is 1.64. The average Bonchev–Trinajstić information content (AvgIpc) is 3.07. The third kappa shape index (κ3) is 32.3. The van der Waals surface area contributed by atoms with Crippen LogP contribution in [0.2, 0.25) is 0 Å². The number of hydrogen-bond acceptors (Lipinski definition) is 11. The second kappa shape index (κ2) is 36.2. The van der Waals surface area contributed by atoms with Crippen molar-refractivity contribution in [3.8, 4) is 0 Å². The zero-order valence-corrected chi connectivity index (χ0v) is 28.5. The first-order chi connectivity index (χ1) is 22.8. The lowest BCUT2D eigenvalue weighted by Crippen LogP contribution is -2.15. The highest BCUT2D eigenvalue weighted by atomic mass is 16.6. The SMILES string of the molecule is CCCCCCCCCC(=O)OCCOCCOCCOCCOCCOCCOCCOCCOCCOCc1ccccc1. The summed E-state index contributed by atoms with van der Waals surface area (Å²) >= 11 is 0. The summed E-state index contributed by atoms with van der Waals surface area (Å²) in [5, 5.41) is 0. The van der Waals surface area contributed by atoms with E-state index in [-0.39, 0.29) is 12.6 Å². The molecule has 0 atom stereocenters. The minimum absolute atomic E-state index is 0.139. The summed E-state index contributed by atoms with van der Waals surface area (Å²) in [5.74, 6) is -0.139. The molecule has 0 aromatic heterocycles. The summed E-state index contributed by atoms with van der Waals surface area (Å²) in [5.41, 5.74) is 1.16. The van der Waals surface area contributed by atoms with Gasteiger partial charge in [0, 0.05) is 6.42 Å². The smallest absolute Gasteiger partial charge is 0.305 e. The van der Waals surface area contributed by atoms with Crippen LogP contribution < -0.4 is 0 Å². The maximum Gasteiger partial charge on any atom is 0.305 e. The molecule has 46 heavy (non-hydrogen) atoms. The maximum atomic E-state index is 11.7. The van der Waals surface area contributed by atoms with Gasteiger partial charge < -0.3 is 47.4 Å². The van der Waals surface area contributed by atoms with Crippen LogP contribution in [0, 0.1) is 0 Å². The van der Waals surface area contributed by atoms with Gasteiger partial charge in [-0.25, -0.2) is 0 Å². The molecule has 0 N–H and O–H groups in total. The standard InChI is InChI=1S/C35H62O11/c1-2-3-4-5-6-7-11-14-35(36)46-32-31-44-28-27-42-24-23-40-20-19-38-16-15-37-17-18-39-21-22-41-25-26-43-29-30-45-33-34-12-9-8-10-13-34/h8-10,12-13H,2-7,11,14-33H2,1H3. The van der Waals surface area contributed by atoms with Crippen molar-refractivity contribution in [2.75, 3.05) is 119 Å². The van der Waals surface area contributed by atoms with E-state index >= 15 is 0 Å². The van der Waals surface area contributed by atoms with Crippen molar-refractivity contribution >= 4 is 5.97 Å². The number of hydrogen-bond donors (Lipinski definition) is 0.